The van der Waals surface area contributed by atoms with Crippen LogP contribution in [0.15, 0.2) is 24.5 Å². The Balaban J connectivity index is 2.15. The zero-order valence-corrected chi connectivity index (χ0v) is 12.3. The van der Waals surface area contributed by atoms with Gasteiger partial charge in [0.25, 0.3) is 0 Å². The number of aryl methyl sites for hydroxylation is 1. The highest BCUT2D eigenvalue weighted by atomic mass is 127. The zero-order chi connectivity index (χ0) is 12.1. The molecule has 0 unspecified atom stereocenters. The number of aromatic nitrogens is 2. The Morgan fingerprint density at radius 2 is 2.06 bits per heavy atom. The van der Waals surface area contributed by atoms with E-state index in [1.807, 2.05) is 18.5 Å². The molecule has 0 N–H and O–H groups in total. The van der Waals surface area contributed by atoms with Crippen LogP contribution in [0.3, 0.4) is 0 Å². The first-order chi connectivity index (χ1) is 8.33. The summed E-state index contributed by atoms with van der Waals surface area (Å²) in [4.78, 5) is 8.99. The van der Waals surface area contributed by atoms with Gasteiger partial charge in [0.05, 0.1) is 14.8 Å². The Morgan fingerprint density at radius 1 is 1.18 bits per heavy atom. The van der Waals surface area contributed by atoms with Crippen molar-refractivity contribution in [1.29, 1.82) is 0 Å². The Kier molecular flexibility index (Phi) is 4.71. The van der Waals surface area contributed by atoms with E-state index in [4.69, 9.17) is 0 Å². The SMILES string of the molecule is CCCCCCc1ncc2cccnc2c1I. The predicted octanol–water partition coefficient (Wildman–Crippen LogP) is 4.36. The van der Waals surface area contributed by atoms with Crippen molar-refractivity contribution in [3.05, 3.63) is 33.8 Å². The normalized spacial score (nSPS) is 10.9. The van der Waals surface area contributed by atoms with Crippen LogP contribution in [0.4, 0.5) is 0 Å². The summed E-state index contributed by atoms with van der Waals surface area (Å²) in [5.74, 6) is 0. The molecule has 0 bridgehead atoms. The maximum absolute atomic E-state index is 4.56. The molecule has 0 saturated carbocycles. The summed E-state index contributed by atoms with van der Waals surface area (Å²) in [7, 11) is 0. The lowest BCUT2D eigenvalue weighted by Gasteiger charge is -2.06. The van der Waals surface area contributed by atoms with Crippen LogP contribution in [0, 0.1) is 3.57 Å². The molecule has 17 heavy (non-hydrogen) atoms. The van der Waals surface area contributed by atoms with Crippen LogP contribution in [-0.2, 0) is 6.42 Å². The second-order valence-corrected chi connectivity index (χ2v) is 5.35. The van der Waals surface area contributed by atoms with E-state index in [2.05, 4.69) is 45.5 Å². The van der Waals surface area contributed by atoms with Gasteiger partial charge >= 0.3 is 0 Å². The van der Waals surface area contributed by atoms with Crippen LogP contribution in [0.1, 0.15) is 38.3 Å². The Hall–Kier alpha value is -0.710. The molecule has 2 aromatic heterocycles. The van der Waals surface area contributed by atoms with Gasteiger partial charge in [-0.1, -0.05) is 26.2 Å². The number of nitrogens with zero attached hydrogens (tertiary/aromatic N) is 2. The number of hydrogen-bond donors (Lipinski definition) is 0. The molecule has 0 amide bonds. The van der Waals surface area contributed by atoms with Gasteiger partial charge in [0.2, 0.25) is 0 Å². The topological polar surface area (TPSA) is 25.8 Å². The molecule has 0 aliphatic carbocycles. The van der Waals surface area contributed by atoms with Crippen molar-refractivity contribution in [2.45, 2.75) is 39.0 Å². The number of halogens is 1. The summed E-state index contributed by atoms with van der Waals surface area (Å²) in [6, 6.07) is 4.03. The molecular weight excluding hydrogens is 323 g/mol. The molecule has 0 atom stereocenters. The molecule has 0 aromatic carbocycles. The lowest BCUT2D eigenvalue weighted by atomic mass is 10.1. The van der Waals surface area contributed by atoms with Gasteiger partial charge < -0.3 is 0 Å². The number of pyridine rings is 2. The van der Waals surface area contributed by atoms with Gasteiger partial charge in [-0.15, -0.1) is 0 Å². The molecule has 2 aromatic rings. The molecule has 0 aliphatic rings. The van der Waals surface area contributed by atoms with Crippen molar-refractivity contribution in [2.24, 2.45) is 0 Å². The lowest BCUT2D eigenvalue weighted by Crippen LogP contribution is -1.96. The van der Waals surface area contributed by atoms with Crippen LogP contribution in [-0.4, -0.2) is 9.97 Å². The number of fused-ring (bicyclic) bond motifs is 1. The molecule has 0 fully saturated rings. The molecule has 2 heterocycles. The Labute approximate surface area is 116 Å². The summed E-state index contributed by atoms with van der Waals surface area (Å²) >= 11 is 2.37. The van der Waals surface area contributed by atoms with Gasteiger partial charge in [-0.2, -0.15) is 0 Å². The third-order valence-corrected chi connectivity index (χ3v) is 4.06. The third-order valence-electron chi connectivity index (χ3n) is 2.93. The molecule has 0 saturated heterocycles. The first-order valence-corrected chi connectivity index (χ1v) is 7.29. The molecule has 0 aliphatic heterocycles. The van der Waals surface area contributed by atoms with Crippen LogP contribution < -0.4 is 0 Å². The lowest BCUT2D eigenvalue weighted by molar-refractivity contribution is 0.660. The minimum absolute atomic E-state index is 1.07. The molecule has 2 nitrogen and oxygen atoms in total. The Morgan fingerprint density at radius 3 is 2.88 bits per heavy atom. The maximum Gasteiger partial charge on any atom is 0.0869 e. The second-order valence-electron chi connectivity index (χ2n) is 4.27. The fourth-order valence-electron chi connectivity index (χ4n) is 1.94. The van der Waals surface area contributed by atoms with Crippen molar-refractivity contribution in [3.63, 3.8) is 0 Å². The third kappa shape index (κ3) is 3.15. The van der Waals surface area contributed by atoms with E-state index in [9.17, 15) is 0 Å². The second kappa shape index (κ2) is 6.28. The maximum atomic E-state index is 4.56. The van der Waals surface area contributed by atoms with Gasteiger partial charge in [0, 0.05) is 17.8 Å². The summed E-state index contributed by atoms with van der Waals surface area (Å²) in [5, 5.41) is 1.13. The molecule has 0 radical (unpaired) electrons. The fraction of sp³-hybridized carbons (Fsp3) is 0.429. The first-order valence-electron chi connectivity index (χ1n) is 6.21. The van der Waals surface area contributed by atoms with Gasteiger partial charge in [-0.05, 0) is 47.6 Å². The molecule has 0 spiro atoms. The van der Waals surface area contributed by atoms with E-state index in [-0.39, 0.29) is 0 Å². The molecule has 2 rings (SSSR count). The van der Waals surface area contributed by atoms with Crippen molar-refractivity contribution in [3.8, 4) is 0 Å². The van der Waals surface area contributed by atoms with E-state index in [0.717, 1.165) is 17.3 Å². The minimum atomic E-state index is 1.07. The standard InChI is InChI=1S/C14H17IN2/c1-2-3-4-5-8-12-13(15)14-11(10-17-12)7-6-9-16-14/h6-7,9-10H,2-5,8H2,1H3. The summed E-state index contributed by atoms with van der Waals surface area (Å²) in [5.41, 5.74) is 2.29. The highest BCUT2D eigenvalue weighted by molar-refractivity contribution is 14.1. The highest BCUT2D eigenvalue weighted by Crippen LogP contribution is 2.21. The van der Waals surface area contributed by atoms with Gasteiger partial charge in [-0.3, -0.25) is 9.97 Å². The number of hydrogen-bond acceptors (Lipinski definition) is 2. The van der Waals surface area contributed by atoms with E-state index < -0.39 is 0 Å². The molecule has 3 heteroatoms. The minimum Gasteiger partial charge on any atom is -0.259 e. The monoisotopic (exact) mass is 340 g/mol. The van der Waals surface area contributed by atoms with Gasteiger partial charge in [-0.25, -0.2) is 0 Å². The molecule has 90 valence electrons. The van der Waals surface area contributed by atoms with Crippen LogP contribution in [0.2, 0.25) is 0 Å². The summed E-state index contributed by atoms with van der Waals surface area (Å²) in [6.07, 6.45) is 10.0. The van der Waals surface area contributed by atoms with Crippen molar-refractivity contribution in [2.75, 3.05) is 0 Å². The van der Waals surface area contributed by atoms with E-state index in [1.54, 1.807) is 0 Å². The van der Waals surface area contributed by atoms with E-state index >= 15 is 0 Å². The average Bonchev–Trinajstić information content (AvgIpc) is 2.37. The number of unbranched alkanes of at least 4 members (excludes halogenated alkanes) is 3. The van der Waals surface area contributed by atoms with E-state index in [1.165, 1.54) is 34.9 Å². The van der Waals surface area contributed by atoms with Crippen molar-refractivity contribution in [1.82, 2.24) is 9.97 Å². The number of rotatable bonds is 5. The summed E-state index contributed by atoms with van der Waals surface area (Å²) < 4.78 is 1.22. The Bertz CT molecular complexity index is 497. The van der Waals surface area contributed by atoms with Crippen LogP contribution in [0.25, 0.3) is 10.9 Å². The van der Waals surface area contributed by atoms with Crippen molar-refractivity contribution < 1.29 is 0 Å². The predicted molar refractivity (Wildman–Crippen MR) is 80.1 cm³/mol. The average molecular weight is 340 g/mol. The van der Waals surface area contributed by atoms with Gasteiger partial charge in [0.15, 0.2) is 0 Å². The zero-order valence-electron chi connectivity index (χ0n) is 10.1. The largest absolute Gasteiger partial charge is 0.259 e. The smallest absolute Gasteiger partial charge is 0.0869 e. The van der Waals surface area contributed by atoms with Crippen LogP contribution in [0.5, 0.6) is 0 Å². The van der Waals surface area contributed by atoms with E-state index in [0.29, 0.717) is 0 Å². The van der Waals surface area contributed by atoms with Crippen LogP contribution >= 0.6 is 22.6 Å². The molecular formula is C14H17IN2. The van der Waals surface area contributed by atoms with Gasteiger partial charge in [0.1, 0.15) is 0 Å². The van der Waals surface area contributed by atoms with Crippen molar-refractivity contribution >= 4 is 33.5 Å². The first kappa shape index (κ1) is 12.7. The quantitative estimate of drug-likeness (QED) is 0.597. The summed E-state index contributed by atoms with van der Waals surface area (Å²) in [6.45, 7) is 2.24. The fourth-order valence-corrected chi connectivity index (χ4v) is 2.80. The highest BCUT2D eigenvalue weighted by Gasteiger charge is 2.06.